The number of fused-ring (bicyclic) bond motifs is 1. The molecule has 0 atom stereocenters. The van der Waals surface area contributed by atoms with Crippen molar-refractivity contribution in [3.63, 3.8) is 0 Å². The summed E-state index contributed by atoms with van der Waals surface area (Å²) in [5.74, 6) is 0.848. The van der Waals surface area contributed by atoms with Crippen LogP contribution < -0.4 is 10.6 Å². The van der Waals surface area contributed by atoms with Crippen molar-refractivity contribution in [1.29, 1.82) is 0 Å². The van der Waals surface area contributed by atoms with Crippen molar-refractivity contribution in [3.8, 4) is 0 Å². The largest absolute Gasteiger partial charge is 0.383 e. The first-order chi connectivity index (χ1) is 10.8. The Kier molecular flexibility index (Phi) is 10.2. The highest BCUT2D eigenvalue weighted by Gasteiger charge is 2.14. The van der Waals surface area contributed by atoms with Gasteiger partial charge in [0.2, 0.25) is 0 Å². The van der Waals surface area contributed by atoms with E-state index in [4.69, 9.17) is 4.74 Å². The first-order valence-corrected chi connectivity index (χ1v) is 8.06. The number of guanidine groups is 1. The third kappa shape index (κ3) is 7.05. The van der Waals surface area contributed by atoms with Gasteiger partial charge in [-0.05, 0) is 24.0 Å². The van der Waals surface area contributed by atoms with Crippen molar-refractivity contribution in [2.45, 2.75) is 19.4 Å². The first kappa shape index (κ1) is 20.2. The predicted molar refractivity (Wildman–Crippen MR) is 107 cm³/mol. The van der Waals surface area contributed by atoms with E-state index < -0.39 is 0 Å². The highest BCUT2D eigenvalue weighted by Crippen LogP contribution is 2.18. The molecular formula is C17H29IN4O. The minimum atomic E-state index is 0. The van der Waals surface area contributed by atoms with Gasteiger partial charge in [-0.3, -0.25) is 9.89 Å². The molecule has 0 bridgehead atoms. The fourth-order valence-electron chi connectivity index (χ4n) is 2.75. The van der Waals surface area contributed by atoms with Crippen LogP contribution in [0, 0.1) is 0 Å². The summed E-state index contributed by atoms with van der Waals surface area (Å²) in [6, 6.07) is 8.78. The Labute approximate surface area is 156 Å². The van der Waals surface area contributed by atoms with Gasteiger partial charge in [-0.1, -0.05) is 24.3 Å². The van der Waals surface area contributed by atoms with Crippen LogP contribution in [-0.2, 0) is 17.7 Å². The molecule has 5 nitrogen and oxygen atoms in total. The molecule has 23 heavy (non-hydrogen) atoms. The monoisotopic (exact) mass is 432 g/mol. The molecule has 1 aliphatic heterocycles. The van der Waals surface area contributed by atoms with E-state index in [1.807, 2.05) is 0 Å². The fraction of sp³-hybridized carbons (Fsp3) is 0.588. The minimum absolute atomic E-state index is 0. The molecule has 0 saturated carbocycles. The van der Waals surface area contributed by atoms with Gasteiger partial charge in [0.25, 0.3) is 0 Å². The van der Waals surface area contributed by atoms with Gasteiger partial charge in [0.15, 0.2) is 5.96 Å². The first-order valence-electron chi connectivity index (χ1n) is 8.06. The van der Waals surface area contributed by atoms with Crippen LogP contribution in [-0.4, -0.2) is 57.8 Å². The summed E-state index contributed by atoms with van der Waals surface area (Å²) in [6.07, 6.45) is 2.29. The molecule has 1 aromatic rings. The molecule has 0 spiro atoms. The van der Waals surface area contributed by atoms with Crippen molar-refractivity contribution < 1.29 is 4.74 Å². The lowest BCUT2D eigenvalue weighted by Gasteiger charge is -2.28. The molecule has 0 aliphatic carbocycles. The Morgan fingerprint density at radius 2 is 1.96 bits per heavy atom. The molecule has 0 radical (unpaired) electrons. The maximum Gasteiger partial charge on any atom is 0.191 e. The maximum atomic E-state index is 5.02. The Morgan fingerprint density at radius 3 is 2.70 bits per heavy atom. The van der Waals surface area contributed by atoms with Crippen molar-refractivity contribution in [1.82, 2.24) is 15.5 Å². The number of nitrogens with zero attached hydrogens (tertiary/aromatic N) is 2. The number of methoxy groups -OCH3 is 1. The average molecular weight is 432 g/mol. The lowest BCUT2D eigenvalue weighted by Crippen LogP contribution is -2.40. The van der Waals surface area contributed by atoms with Crippen molar-refractivity contribution in [3.05, 3.63) is 35.4 Å². The van der Waals surface area contributed by atoms with Crippen LogP contribution in [0.2, 0.25) is 0 Å². The van der Waals surface area contributed by atoms with Gasteiger partial charge in [0.1, 0.15) is 0 Å². The Balaban J connectivity index is 0.00000264. The van der Waals surface area contributed by atoms with Gasteiger partial charge < -0.3 is 15.4 Å². The van der Waals surface area contributed by atoms with Crippen LogP contribution in [0.4, 0.5) is 0 Å². The number of aliphatic imine (C=N–C) groups is 1. The van der Waals surface area contributed by atoms with E-state index in [9.17, 15) is 0 Å². The molecule has 0 saturated heterocycles. The van der Waals surface area contributed by atoms with Gasteiger partial charge in [-0.15, -0.1) is 24.0 Å². The summed E-state index contributed by atoms with van der Waals surface area (Å²) in [5, 5.41) is 6.57. The van der Waals surface area contributed by atoms with E-state index in [1.165, 1.54) is 17.5 Å². The maximum absolute atomic E-state index is 5.02. The molecule has 0 unspecified atom stereocenters. The number of rotatable bonds is 7. The lowest BCUT2D eigenvalue weighted by molar-refractivity contribution is 0.203. The molecule has 0 amide bonds. The van der Waals surface area contributed by atoms with Crippen molar-refractivity contribution in [2.75, 3.05) is 46.9 Å². The van der Waals surface area contributed by atoms with Gasteiger partial charge in [0.05, 0.1) is 6.61 Å². The van der Waals surface area contributed by atoms with Crippen LogP contribution in [0.15, 0.2) is 29.3 Å². The van der Waals surface area contributed by atoms with E-state index in [1.54, 1.807) is 14.2 Å². The van der Waals surface area contributed by atoms with Crippen LogP contribution in [0.5, 0.6) is 0 Å². The smallest absolute Gasteiger partial charge is 0.191 e. The SMILES string of the molecule is CN=C(NCCCN1CCc2ccccc2C1)NCCOC.I. The van der Waals surface area contributed by atoms with E-state index >= 15 is 0 Å². The number of ether oxygens (including phenoxy) is 1. The molecule has 2 rings (SSSR count). The Hall–Kier alpha value is -0.860. The molecule has 1 heterocycles. The summed E-state index contributed by atoms with van der Waals surface area (Å²) in [4.78, 5) is 6.73. The molecule has 0 aromatic heterocycles. The second kappa shape index (κ2) is 11.6. The summed E-state index contributed by atoms with van der Waals surface area (Å²) in [6.45, 7) is 5.77. The third-order valence-electron chi connectivity index (χ3n) is 3.98. The van der Waals surface area contributed by atoms with Crippen LogP contribution in [0.3, 0.4) is 0 Å². The van der Waals surface area contributed by atoms with Crippen molar-refractivity contribution >= 4 is 29.9 Å². The zero-order chi connectivity index (χ0) is 15.6. The summed E-state index contributed by atoms with van der Waals surface area (Å²) in [5.41, 5.74) is 3.00. The van der Waals surface area contributed by atoms with Crippen LogP contribution in [0.1, 0.15) is 17.5 Å². The second-order valence-electron chi connectivity index (χ2n) is 5.57. The third-order valence-corrected chi connectivity index (χ3v) is 3.98. The normalized spacial score (nSPS) is 14.8. The number of nitrogens with one attached hydrogen (secondary N) is 2. The minimum Gasteiger partial charge on any atom is -0.383 e. The molecule has 1 aromatic carbocycles. The number of halogens is 1. The molecular weight excluding hydrogens is 403 g/mol. The van der Waals surface area contributed by atoms with Crippen molar-refractivity contribution in [2.24, 2.45) is 4.99 Å². The standard InChI is InChI=1S/C17H28N4O.HI/c1-18-17(20-10-13-22-2)19-9-5-11-21-12-8-15-6-3-4-7-16(15)14-21;/h3-4,6-7H,5,8-14H2,1-2H3,(H2,18,19,20);1H. The summed E-state index contributed by atoms with van der Waals surface area (Å²) in [7, 11) is 3.50. The molecule has 2 N–H and O–H groups in total. The van der Waals surface area contributed by atoms with Gasteiger partial charge >= 0.3 is 0 Å². The molecule has 1 aliphatic rings. The molecule has 130 valence electrons. The highest BCUT2D eigenvalue weighted by molar-refractivity contribution is 14.0. The highest BCUT2D eigenvalue weighted by atomic mass is 127. The molecule has 6 heteroatoms. The van der Waals surface area contributed by atoms with Gasteiger partial charge in [-0.25, -0.2) is 0 Å². The number of hydrogen-bond acceptors (Lipinski definition) is 3. The summed E-state index contributed by atoms with van der Waals surface area (Å²) < 4.78 is 5.02. The second-order valence-corrected chi connectivity index (χ2v) is 5.57. The van der Waals surface area contributed by atoms with E-state index in [-0.39, 0.29) is 24.0 Å². The number of hydrogen-bond donors (Lipinski definition) is 2. The Bertz CT molecular complexity index is 481. The lowest BCUT2D eigenvalue weighted by atomic mass is 10.00. The number of benzene rings is 1. The van der Waals surface area contributed by atoms with E-state index in [2.05, 4.69) is 44.8 Å². The van der Waals surface area contributed by atoms with Gasteiger partial charge in [-0.2, -0.15) is 0 Å². The average Bonchev–Trinajstić information content (AvgIpc) is 2.57. The topological polar surface area (TPSA) is 48.9 Å². The van der Waals surface area contributed by atoms with E-state index in [0.29, 0.717) is 6.61 Å². The van der Waals surface area contributed by atoms with E-state index in [0.717, 1.165) is 45.1 Å². The van der Waals surface area contributed by atoms with Crippen LogP contribution >= 0.6 is 24.0 Å². The molecule has 0 fully saturated rings. The fourth-order valence-corrected chi connectivity index (χ4v) is 2.75. The Morgan fingerprint density at radius 1 is 1.22 bits per heavy atom. The van der Waals surface area contributed by atoms with Crippen LogP contribution in [0.25, 0.3) is 0 Å². The quantitative estimate of drug-likeness (QED) is 0.299. The predicted octanol–water partition coefficient (Wildman–Crippen LogP) is 1.86. The zero-order valence-corrected chi connectivity index (χ0v) is 16.5. The zero-order valence-electron chi connectivity index (χ0n) is 14.2. The summed E-state index contributed by atoms with van der Waals surface area (Å²) >= 11 is 0. The van der Waals surface area contributed by atoms with Gasteiger partial charge in [0, 0.05) is 46.9 Å².